The molecule has 2 aromatic carbocycles. The Hall–Kier alpha value is -4.61. The van der Waals surface area contributed by atoms with Crippen LogP contribution < -0.4 is 10.2 Å². The number of alkyl halides is 3. The highest BCUT2D eigenvalue weighted by Gasteiger charge is 2.31. The summed E-state index contributed by atoms with van der Waals surface area (Å²) >= 11 is 0. The van der Waals surface area contributed by atoms with Crippen molar-refractivity contribution in [1.82, 2.24) is 19.5 Å². The van der Waals surface area contributed by atoms with E-state index < -0.39 is 23.2 Å². The number of amides is 2. The first-order valence-electron chi connectivity index (χ1n) is 13.0. The fourth-order valence-corrected chi connectivity index (χ4v) is 4.56. The number of carbonyl (C=O) groups excluding carboxylic acids is 2. The zero-order chi connectivity index (χ0) is 29.4. The Bertz CT molecular complexity index is 1590. The number of nitrogens with one attached hydrogen (secondary N) is 1. The lowest BCUT2D eigenvalue weighted by atomic mass is 10.1. The first-order chi connectivity index (χ1) is 19.4. The highest BCUT2D eigenvalue weighted by molar-refractivity contribution is 6.05. The van der Waals surface area contributed by atoms with Gasteiger partial charge in [-0.05, 0) is 56.7 Å². The van der Waals surface area contributed by atoms with Crippen molar-refractivity contribution in [2.75, 3.05) is 36.4 Å². The molecular formula is C29H29F3N6O3. The van der Waals surface area contributed by atoms with E-state index in [1.807, 2.05) is 32.9 Å². The summed E-state index contributed by atoms with van der Waals surface area (Å²) < 4.78 is 46.7. The molecule has 0 spiro atoms. The standard InChI is InChI=1S/C29H29F3N6O3/c1-28(2,3)41-27(40)37-15-13-36(14-16-37)24-10-5-4-9-22(24)35-26(39)23-11-12-38-25(34-23)21(18-33-38)19-7-6-8-20(17-19)29(30,31)32/h4-12,17-18H,13-16H2,1-3H3,(H,35,39). The molecule has 0 radical (unpaired) electrons. The summed E-state index contributed by atoms with van der Waals surface area (Å²) in [5.41, 5.74) is 0.986. The third-order valence-corrected chi connectivity index (χ3v) is 6.53. The quantitative estimate of drug-likeness (QED) is 0.340. The van der Waals surface area contributed by atoms with Gasteiger partial charge in [0.25, 0.3) is 5.91 Å². The monoisotopic (exact) mass is 566 g/mol. The van der Waals surface area contributed by atoms with Gasteiger partial charge in [0, 0.05) is 37.9 Å². The van der Waals surface area contributed by atoms with Gasteiger partial charge < -0.3 is 19.9 Å². The number of piperazine rings is 1. The van der Waals surface area contributed by atoms with Crippen LogP contribution in [0.3, 0.4) is 0 Å². The topological polar surface area (TPSA) is 92.1 Å². The Kier molecular flexibility index (Phi) is 7.33. The molecule has 0 atom stereocenters. The van der Waals surface area contributed by atoms with E-state index in [0.29, 0.717) is 37.4 Å². The van der Waals surface area contributed by atoms with Gasteiger partial charge in [-0.1, -0.05) is 24.3 Å². The van der Waals surface area contributed by atoms with E-state index in [2.05, 4.69) is 20.3 Å². The van der Waals surface area contributed by atoms with Gasteiger partial charge in [-0.2, -0.15) is 18.3 Å². The smallest absolute Gasteiger partial charge is 0.416 e. The molecule has 1 saturated heterocycles. The van der Waals surface area contributed by atoms with Gasteiger partial charge >= 0.3 is 12.3 Å². The van der Waals surface area contributed by atoms with Crippen molar-refractivity contribution in [3.05, 3.63) is 78.2 Å². The second-order valence-corrected chi connectivity index (χ2v) is 10.6. The Morgan fingerprint density at radius 3 is 2.39 bits per heavy atom. The summed E-state index contributed by atoms with van der Waals surface area (Å²) in [5.74, 6) is -0.483. The predicted octanol–water partition coefficient (Wildman–Crippen LogP) is 5.72. The minimum atomic E-state index is -4.49. The van der Waals surface area contributed by atoms with Crippen LogP contribution in [0.2, 0.25) is 0 Å². The van der Waals surface area contributed by atoms with Crippen LogP contribution in [0.4, 0.5) is 29.3 Å². The lowest BCUT2D eigenvalue weighted by Gasteiger charge is -2.37. The van der Waals surface area contributed by atoms with Crippen molar-refractivity contribution in [2.24, 2.45) is 0 Å². The Morgan fingerprint density at radius 2 is 1.68 bits per heavy atom. The summed E-state index contributed by atoms with van der Waals surface area (Å²) in [6.07, 6.45) is -1.89. The SMILES string of the molecule is CC(C)(C)OC(=O)N1CCN(c2ccccc2NC(=O)c2ccn3ncc(-c4cccc(C(F)(F)F)c4)c3n2)CC1. The molecule has 3 heterocycles. The van der Waals surface area contributed by atoms with Gasteiger partial charge in [-0.15, -0.1) is 0 Å². The van der Waals surface area contributed by atoms with Crippen LogP contribution >= 0.6 is 0 Å². The van der Waals surface area contributed by atoms with E-state index in [4.69, 9.17) is 4.74 Å². The number of fused-ring (bicyclic) bond motifs is 1. The number of carbonyl (C=O) groups is 2. The number of ether oxygens (including phenoxy) is 1. The lowest BCUT2D eigenvalue weighted by molar-refractivity contribution is -0.137. The van der Waals surface area contributed by atoms with Crippen molar-refractivity contribution < 1.29 is 27.5 Å². The van der Waals surface area contributed by atoms with E-state index in [-0.39, 0.29) is 23.0 Å². The Balaban J connectivity index is 1.34. The van der Waals surface area contributed by atoms with Gasteiger partial charge in [0.2, 0.25) is 0 Å². The molecule has 1 fully saturated rings. The number of hydrogen-bond donors (Lipinski definition) is 1. The summed E-state index contributed by atoms with van der Waals surface area (Å²) in [4.78, 5) is 33.9. The predicted molar refractivity (Wildman–Crippen MR) is 148 cm³/mol. The van der Waals surface area contributed by atoms with Crippen LogP contribution in [0.1, 0.15) is 36.8 Å². The average Bonchev–Trinajstić information content (AvgIpc) is 3.35. The number of rotatable bonds is 4. The van der Waals surface area contributed by atoms with Gasteiger partial charge in [0.15, 0.2) is 5.65 Å². The molecule has 9 nitrogen and oxygen atoms in total. The maximum Gasteiger partial charge on any atom is 0.416 e. The lowest BCUT2D eigenvalue weighted by Crippen LogP contribution is -2.50. The van der Waals surface area contributed by atoms with Crippen LogP contribution in [-0.2, 0) is 10.9 Å². The zero-order valence-corrected chi connectivity index (χ0v) is 22.8. The Labute approximate surface area is 234 Å². The number of hydrogen-bond acceptors (Lipinski definition) is 6. The van der Waals surface area contributed by atoms with Crippen LogP contribution in [-0.4, -0.2) is 63.3 Å². The van der Waals surface area contributed by atoms with Gasteiger partial charge in [0.05, 0.1) is 23.1 Å². The fraction of sp³-hybridized carbons (Fsp3) is 0.310. The molecule has 4 aromatic rings. The van der Waals surface area contributed by atoms with Crippen LogP contribution in [0, 0.1) is 0 Å². The normalized spacial score (nSPS) is 14.3. The third-order valence-electron chi connectivity index (χ3n) is 6.53. The summed E-state index contributed by atoms with van der Waals surface area (Å²) in [6, 6.07) is 13.7. The number of aromatic nitrogens is 3. The summed E-state index contributed by atoms with van der Waals surface area (Å²) in [6.45, 7) is 7.51. The average molecular weight is 567 g/mol. The highest BCUT2D eigenvalue weighted by atomic mass is 19.4. The van der Waals surface area contributed by atoms with Gasteiger partial charge in [-0.3, -0.25) is 4.79 Å². The molecule has 1 aliphatic rings. The van der Waals surface area contributed by atoms with Crippen molar-refractivity contribution in [3.63, 3.8) is 0 Å². The molecule has 2 amide bonds. The van der Waals surface area contributed by atoms with Gasteiger partial charge in [0.1, 0.15) is 11.3 Å². The molecule has 12 heteroatoms. The molecule has 1 N–H and O–H groups in total. The molecule has 5 rings (SSSR count). The van der Waals surface area contributed by atoms with Crippen molar-refractivity contribution in [1.29, 1.82) is 0 Å². The van der Waals surface area contributed by atoms with E-state index in [1.165, 1.54) is 29.0 Å². The molecule has 0 saturated carbocycles. The molecule has 1 aliphatic heterocycles. The Morgan fingerprint density at radius 1 is 0.951 bits per heavy atom. The largest absolute Gasteiger partial charge is 0.444 e. The summed E-state index contributed by atoms with van der Waals surface area (Å²) in [7, 11) is 0. The first kappa shape index (κ1) is 27.9. The first-order valence-corrected chi connectivity index (χ1v) is 13.0. The highest BCUT2D eigenvalue weighted by Crippen LogP contribution is 2.33. The second-order valence-electron chi connectivity index (χ2n) is 10.6. The molecule has 41 heavy (non-hydrogen) atoms. The number of halogens is 3. The summed E-state index contributed by atoms with van der Waals surface area (Å²) in [5, 5.41) is 7.09. The number of nitrogens with zero attached hydrogens (tertiary/aromatic N) is 5. The zero-order valence-electron chi connectivity index (χ0n) is 22.8. The van der Waals surface area contributed by atoms with E-state index in [1.54, 1.807) is 23.1 Å². The van der Waals surface area contributed by atoms with Crippen molar-refractivity contribution in [3.8, 4) is 11.1 Å². The molecule has 0 aliphatic carbocycles. The molecular weight excluding hydrogens is 537 g/mol. The second kappa shape index (κ2) is 10.8. The van der Waals surface area contributed by atoms with E-state index in [9.17, 15) is 22.8 Å². The fourth-order valence-electron chi connectivity index (χ4n) is 4.56. The van der Waals surface area contributed by atoms with Crippen LogP contribution in [0.25, 0.3) is 16.8 Å². The maximum atomic E-state index is 13.3. The van der Waals surface area contributed by atoms with Gasteiger partial charge in [-0.25, -0.2) is 14.3 Å². The molecule has 0 bridgehead atoms. The van der Waals surface area contributed by atoms with Crippen LogP contribution in [0.5, 0.6) is 0 Å². The minimum absolute atomic E-state index is 0.0794. The van der Waals surface area contributed by atoms with Crippen LogP contribution in [0.15, 0.2) is 67.0 Å². The van der Waals surface area contributed by atoms with Crippen molar-refractivity contribution in [2.45, 2.75) is 32.5 Å². The molecule has 2 aromatic heterocycles. The molecule has 214 valence electrons. The molecule has 0 unspecified atom stereocenters. The number of anilines is 2. The van der Waals surface area contributed by atoms with E-state index >= 15 is 0 Å². The number of benzene rings is 2. The third kappa shape index (κ3) is 6.26. The number of para-hydroxylation sites is 2. The van der Waals surface area contributed by atoms with E-state index in [0.717, 1.165) is 17.8 Å². The maximum absolute atomic E-state index is 13.3. The van der Waals surface area contributed by atoms with Crippen molar-refractivity contribution >= 4 is 29.0 Å². The minimum Gasteiger partial charge on any atom is -0.444 e.